The Bertz CT molecular complexity index is 442. The molecule has 4 nitrogen and oxygen atoms in total. The van der Waals surface area contributed by atoms with E-state index in [1.54, 1.807) is 6.92 Å². The van der Waals surface area contributed by atoms with E-state index in [-0.39, 0.29) is 12.6 Å². The fraction of sp³-hybridized carbons (Fsp3) is 0.750. The lowest BCUT2D eigenvalue weighted by molar-refractivity contribution is -0.148. The molecule has 0 radical (unpaired) electrons. The van der Waals surface area contributed by atoms with Crippen molar-refractivity contribution in [2.75, 3.05) is 13.2 Å². The summed E-state index contributed by atoms with van der Waals surface area (Å²) in [7, 11) is 0. The molecule has 0 aromatic carbocycles. The maximum Gasteiger partial charge on any atom is 0.449 e. The van der Waals surface area contributed by atoms with Gasteiger partial charge in [0.1, 0.15) is 0 Å². The minimum Gasteiger partial charge on any atom is -0.377 e. The fourth-order valence-corrected chi connectivity index (χ4v) is 2.38. The summed E-state index contributed by atoms with van der Waals surface area (Å²) in [5.74, 6) is -0.812. The molecule has 0 bridgehead atoms. The molecule has 1 aromatic heterocycles. The molecule has 1 aliphatic heterocycles. The van der Waals surface area contributed by atoms with E-state index >= 15 is 0 Å². The molecule has 0 aliphatic carbocycles. The Morgan fingerprint density at radius 3 is 2.84 bits per heavy atom. The molecule has 2 heterocycles. The Labute approximate surface area is 110 Å². The second-order valence-corrected chi connectivity index (χ2v) is 4.63. The Morgan fingerprint density at radius 2 is 2.21 bits per heavy atom. The van der Waals surface area contributed by atoms with E-state index in [9.17, 15) is 13.2 Å². The third-order valence-electron chi connectivity index (χ3n) is 3.13. The fourth-order valence-electron chi connectivity index (χ4n) is 2.38. The largest absolute Gasteiger partial charge is 0.449 e. The summed E-state index contributed by atoms with van der Waals surface area (Å²) in [6.45, 7) is 5.35. The molecule has 0 saturated carbocycles. The topological polar surface area (TPSA) is 39.1 Å². The number of rotatable bonds is 4. The minimum atomic E-state index is -4.43. The predicted octanol–water partition coefficient (Wildman–Crippen LogP) is 1.97. The van der Waals surface area contributed by atoms with Crippen LogP contribution in [0, 0.1) is 0 Å². The zero-order chi connectivity index (χ0) is 14.0. The van der Waals surface area contributed by atoms with Gasteiger partial charge in [-0.3, -0.25) is 0 Å². The van der Waals surface area contributed by atoms with Gasteiger partial charge in [-0.1, -0.05) is 0 Å². The molecule has 1 unspecified atom stereocenters. The third kappa shape index (κ3) is 3.09. The number of hydrogen-bond acceptors (Lipinski definition) is 3. The first-order chi connectivity index (χ1) is 8.93. The van der Waals surface area contributed by atoms with Crippen LogP contribution in [-0.2, 0) is 30.4 Å². The molecule has 0 fully saturated rings. The van der Waals surface area contributed by atoms with Gasteiger partial charge < -0.3 is 14.6 Å². The van der Waals surface area contributed by atoms with Crippen LogP contribution in [0.5, 0.6) is 0 Å². The molecular formula is C12H18F3N3O. The molecule has 1 N–H and O–H groups in total. The summed E-state index contributed by atoms with van der Waals surface area (Å²) in [4.78, 5) is 3.76. The predicted molar refractivity (Wildman–Crippen MR) is 63.7 cm³/mol. The molecule has 0 spiro atoms. The van der Waals surface area contributed by atoms with Gasteiger partial charge in [0.25, 0.3) is 0 Å². The Hall–Kier alpha value is -1.08. The van der Waals surface area contributed by atoms with Crippen molar-refractivity contribution in [2.24, 2.45) is 0 Å². The lowest BCUT2D eigenvalue weighted by Crippen LogP contribution is -2.27. The van der Waals surface area contributed by atoms with Crippen molar-refractivity contribution in [3.63, 3.8) is 0 Å². The van der Waals surface area contributed by atoms with Gasteiger partial charge in [0.2, 0.25) is 5.82 Å². The van der Waals surface area contributed by atoms with Gasteiger partial charge >= 0.3 is 6.18 Å². The summed E-state index contributed by atoms with van der Waals surface area (Å²) in [6, 6.07) is 0. The number of nitrogens with one attached hydrogen (secondary N) is 1. The van der Waals surface area contributed by atoms with Gasteiger partial charge in [-0.25, -0.2) is 4.98 Å². The molecule has 19 heavy (non-hydrogen) atoms. The average molecular weight is 277 g/mol. The standard InChI is InChI=1S/C12H18F3N3O/c1-3-19-8(2)7-18-10-4-5-16-6-9(10)17-11(18)12(13,14)15/h8,16H,3-7H2,1-2H3. The quantitative estimate of drug-likeness (QED) is 0.914. The molecule has 1 atom stereocenters. The Morgan fingerprint density at radius 1 is 1.47 bits per heavy atom. The average Bonchev–Trinajstić information content (AvgIpc) is 2.69. The van der Waals surface area contributed by atoms with Gasteiger partial charge in [0, 0.05) is 31.8 Å². The van der Waals surface area contributed by atoms with Crippen molar-refractivity contribution in [2.45, 2.75) is 45.6 Å². The molecule has 108 valence electrons. The number of fused-ring (bicyclic) bond motifs is 1. The Kier molecular flexibility index (Phi) is 4.15. The van der Waals surface area contributed by atoms with Crippen molar-refractivity contribution in [3.05, 3.63) is 17.2 Å². The highest BCUT2D eigenvalue weighted by atomic mass is 19.4. The van der Waals surface area contributed by atoms with Gasteiger partial charge in [-0.05, 0) is 13.8 Å². The maximum atomic E-state index is 13.0. The zero-order valence-corrected chi connectivity index (χ0v) is 11.0. The van der Waals surface area contributed by atoms with Crippen molar-refractivity contribution in [1.29, 1.82) is 0 Å². The monoisotopic (exact) mass is 277 g/mol. The first kappa shape index (κ1) is 14.3. The van der Waals surface area contributed by atoms with E-state index in [1.807, 2.05) is 6.92 Å². The zero-order valence-electron chi connectivity index (χ0n) is 11.0. The van der Waals surface area contributed by atoms with Crippen LogP contribution < -0.4 is 5.32 Å². The highest BCUT2D eigenvalue weighted by Gasteiger charge is 2.39. The lowest BCUT2D eigenvalue weighted by Gasteiger charge is -2.20. The van der Waals surface area contributed by atoms with E-state index in [1.165, 1.54) is 4.57 Å². The van der Waals surface area contributed by atoms with E-state index in [4.69, 9.17) is 4.74 Å². The number of nitrogens with zero attached hydrogens (tertiary/aromatic N) is 2. The highest BCUT2D eigenvalue weighted by Crippen LogP contribution is 2.31. The van der Waals surface area contributed by atoms with Crippen LogP contribution >= 0.6 is 0 Å². The molecule has 1 aromatic rings. The van der Waals surface area contributed by atoms with Crippen molar-refractivity contribution >= 4 is 0 Å². The van der Waals surface area contributed by atoms with Crippen LogP contribution in [0.4, 0.5) is 13.2 Å². The van der Waals surface area contributed by atoms with Crippen molar-refractivity contribution in [3.8, 4) is 0 Å². The molecule has 2 rings (SSSR count). The molecule has 0 amide bonds. The van der Waals surface area contributed by atoms with E-state index in [0.717, 1.165) is 0 Å². The van der Waals surface area contributed by atoms with Gasteiger partial charge in [0.05, 0.1) is 18.3 Å². The number of halogens is 3. The second-order valence-electron chi connectivity index (χ2n) is 4.63. The molecule has 0 saturated heterocycles. The van der Waals surface area contributed by atoms with Gasteiger partial charge in [-0.2, -0.15) is 13.2 Å². The molecular weight excluding hydrogens is 259 g/mol. The number of alkyl halides is 3. The van der Waals surface area contributed by atoms with Crippen molar-refractivity contribution in [1.82, 2.24) is 14.9 Å². The number of hydrogen-bond donors (Lipinski definition) is 1. The van der Waals surface area contributed by atoms with Crippen LogP contribution in [0.1, 0.15) is 31.1 Å². The SMILES string of the molecule is CCOC(C)Cn1c(C(F)(F)F)nc2c1CCNC2. The van der Waals surface area contributed by atoms with Gasteiger partial charge in [-0.15, -0.1) is 0 Å². The van der Waals surface area contributed by atoms with Crippen molar-refractivity contribution < 1.29 is 17.9 Å². The summed E-state index contributed by atoms with van der Waals surface area (Å²) < 4.78 is 45.7. The van der Waals surface area contributed by atoms with E-state index in [0.29, 0.717) is 37.5 Å². The molecule has 1 aliphatic rings. The second kappa shape index (κ2) is 5.50. The van der Waals surface area contributed by atoms with Crippen LogP contribution in [0.25, 0.3) is 0 Å². The van der Waals surface area contributed by atoms with Gasteiger partial charge in [0.15, 0.2) is 0 Å². The normalized spacial score (nSPS) is 17.3. The maximum absolute atomic E-state index is 13.0. The van der Waals surface area contributed by atoms with Crippen LogP contribution in [0.2, 0.25) is 0 Å². The first-order valence-corrected chi connectivity index (χ1v) is 6.41. The Balaban J connectivity index is 2.35. The van der Waals surface area contributed by atoms with E-state index < -0.39 is 12.0 Å². The third-order valence-corrected chi connectivity index (χ3v) is 3.13. The number of imidazole rings is 1. The summed E-state index contributed by atoms with van der Waals surface area (Å²) in [5.41, 5.74) is 1.18. The van der Waals surface area contributed by atoms with Crippen LogP contribution in [-0.4, -0.2) is 28.8 Å². The van der Waals surface area contributed by atoms with Crippen LogP contribution in [0.3, 0.4) is 0 Å². The summed E-state index contributed by atoms with van der Waals surface area (Å²) in [6.07, 6.45) is -4.13. The highest BCUT2D eigenvalue weighted by molar-refractivity contribution is 5.21. The summed E-state index contributed by atoms with van der Waals surface area (Å²) >= 11 is 0. The summed E-state index contributed by atoms with van der Waals surface area (Å²) in [5, 5.41) is 3.04. The number of aromatic nitrogens is 2. The molecule has 7 heteroatoms. The first-order valence-electron chi connectivity index (χ1n) is 6.41. The minimum absolute atomic E-state index is 0.186. The van der Waals surface area contributed by atoms with Crippen LogP contribution in [0.15, 0.2) is 0 Å². The lowest BCUT2D eigenvalue weighted by atomic mass is 10.2. The number of ether oxygens (including phenoxy) is 1. The van der Waals surface area contributed by atoms with E-state index in [2.05, 4.69) is 10.3 Å². The smallest absolute Gasteiger partial charge is 0.377 e.